The van der Waals surface area contributed by atoms with Gasteiger partial charge in [0.2, 0.25) is 0 Å². The molecular weight excluding hydrogens is 251 g/mol. The van der Waals surface area contributed by atoms with Crippen molar-refractivity contribution in [3.8, 4) is 0 Å². The summed E-state index contributed by atoms with van der Waals surface area (Å²) in [6.45, 7) is 11.8. The maximum Gasteiger partial charge on any atom is 0.494 e. The number of carbonyl (C=O) groups excluding carboxylic acids is 1. The second-order valence-corrected chi connectivity index (χ2v) is 6.41. The van der Waals surface area contributed by atoms with Crippen molar-refractivity contribution in [2.75, 3.05) is 0 Å². The Kier molecular flexibility index (Phi) is 3.82. The van der Waals surface area contributed by atoms with Crippen molar-refractivity contribution in [2.45, 2.75) is 59.2 Å². The standard InChI is InChI=1S/C16H23BO3/c1-7-12-10-13(8-9-14(12)11(2)18)17-19-15(3,4)16(5,6)20-17/h8-10H,7H2,1-6H3. The summed E-state index contributed by atoms with van der Waals surface area (Å²) in [4.78, 5) is 11.6. The van der Waals surface area contributed by atoms with Crippen molar-refractivity contribution in [1.29, 1.82) is 0 Å². The predicted molar refractivity (Wildman–Crippen MR) is 81.5 cm³/mol. The molecule has 1 aromatic rings. The Labute approximate surface area is 121 Å². The molecule has 0 saturated carbocycles. The van der Waals surface area contributed by atoms with Crippen molar-refractivity contribution >= 4 is 18.4 Å². The van der Waals surface area contributed by atoms with Crippen molar-refractivity contribution in [3.63, 3.8) is 0 Å². The third kappa shape index (κ3) is 2.55. The van der Waals surface area contributed by atoms with E-state index in [4.69, 9.17) is 9.31 Å². The normalized spacial score (nSPS) is 20.2. The Morgan fingerprint density at radius 2 is 1.70 bits per heavy atom. The summed E-state index contributed by atoms with van der Waals surface area (Å²) >= 11 is 0. The summed E-state index contributed by atoms with van der Waals surface area (Å²) in [6, 6.07) is 5.83. The number of hydrogen-bond acceptors (Lipinski definition) is 3. The number of benzene rings is 1. The molecule has 0 bridgehead atoms. The Hall–Kier alpha value is -1.13. The van der Waals surface area contributed by atoms with Crippen LogP contribution in [0.25, 0.3) is 0 Å². The molecule has 0 aliphatic carbocycles. The highest BCUT2D eigenvalue weighted by Crippen LogP contribution is 2.36. The molecule has 0 unspecified atom stereocenters. The SMILES string of the molecule is CCc1cc(B2OC(C)(C)C(C)(C)O2)ccc1C(C)=O. The fourth-order valence-electron chi connectivity index (χ4n) is 2.38. The lowest BCUT2D eigenvalue weighted by Gasteiger charge is -2.32. The fourth-order valence-corrected chi connectivity index (χ4v) is 2.38. The molecule has 20 heavy (non-hydrogen) atoms. The first kappa shape index (κ1) is 15.3. The van der Waals surface area contributed by atoms with E-state index in [2.05, 4.69) is 6.92 Å². The van der Waals surface area contributed by atoms with Crippen LogP contribution < -0.4 is 5.46 Å². The van der Waals surface area contributed by atoms with Crippen molar-refractivity contribution in [1.82, 2.24) is 0 Å². The summed E-state index contributed by atoms with van der Waals surface area (Å²) < 4.78 is 12.1. The molecule has 4 heteroatoms. The van der Waals surface area contributed by atoms with Gasteiger partial charge in [-0.2, -0.15) is 0 Å². The summed E-state index contributed by atoms with van der Waals surface area (Å²) in [5.41, 5.74) is 2.12. The van der Waals surface area contributed by atoms with Crippen molar-refractivity contribution in [3.05, 3.63) is 29.3 Å². The van der Waals surface area contributed by atoms with E-state index in [1.54, 1.807) is 6.92 Å². The summed E-state index contributed by atoms with van der Waals surface area (Å²) in [7, 11) is -0.369. The molecule has 0 aromatic heterocycles. The van der Waals surface area contributed by atoms with Crippen LogP contribution in [0.1, 0.15) is 57.5 Å². The van der Waals surface area contributed by atoms with Crippen LogP contribution >= 0.6 is 0 Å². The Morgan fingerprint density at radius 3 is 2.15 bits per heavy atom. The van der Waals surface area contributed by atoms with Gasteiger partial charge in [0.15, 0.2) is 5.78 Å². The van der Waals surface area contributed by atoms with Gasteiger partial charge < -0.3 is 9.31 Å². The second kappa shape index (κ2) is 5.01. The molecule has 108 valence electrons. The molecule has 1 heterocycles. The van der Waals surface area contributed by atoms with Crippen molar-refractivity contribution in [2.24, 2.45) is 0 Å². The maximum absolute atomic E-state index is 11.6. The summed E-state index contributed by atoms with van der Waals surface area (Å²) in [5, 5.41) is 0. The average molecular weight is 274 g/mol. The van der Waals surface area contributed by atoms with Gasteiger partial charge in [-0.25, -0.2) is 0 Å². The molecule has 0 spiro atoms. The van der Waals surface area contributed by atoms with Crippen LogP contribution in [0.15, 0.2) is 18.2 Å². The number of Topliss-reactive ketones (excluding diaryl/α,β-unsaturated/α-hetero) is 1. The van der Waals surface area contributed by atoms with Gasteiger partial charge in [-0.15, -0.1) is 0 Å². The fraction of sp³-hybridized carbons (Fsp3) is 0.562. The lowest BCUT2D eigenvalue weighted by atomic mass is 9.77. The van der Waals surface area contributed by atoms with E-state index >= 15 is 0 Å². The largest absolute Gasteiger partial charge is 0.494 e. The Bertz CT molecular complexity index is 519. The first-order chi connectivity index (χ1) is 9.18. The number of hydrogen-bond donors (Lipinski definition) is 0. The van der Waals surface area contributed by atoms with E-state index in [1.807, 2.05) is 45.9 Å². The average Bonchev–Trinajstić information content (AvgIpc) is 2.57. The van der Waals surface area contributed by atoms with E-state index in [1.165, 1.54) is 0 Å². The minimum Gasteiger partial charge on any atom is -0.399 e. The molecule has 0 N–H and O–H groups in total. The van der Waals surface area contributed by atoms with Gasteiger partial charge in [0.05, 0.1) is 11.2 Å². The zero-order chi connectivity index (χ0) is 15.1. The quantitative estimate of drug-likeness (QED) is 0.628. The maximum atomic E-state index is 11.6. The van der Waals surface area contributed by atoms with Gasteiger partial charge in [-0.05, 0) is 52.1 Å². The highest BCUT2D eigenvalue weighted by molar-refractivity contribution is 6.62. The molecule has 1 aliphatic rings. The minimum absolute atomic E-state index is 0.0994. The van der Waals surface area contributed by atoms with E-state index in [0.717, 1.165) is 23.0 Å². The first-order valence-corrected chi connectivity index (χ1v) is 7.17. The molecule has 0 atom stereocenters. The van der Waals surface area contributed by atoms with Gasteiger partial charge >= 0.3 is 7.12 Å². The highest BCUT2D eigenvalue weighted by atomic mass is 16.7. The monoisotopic (exact) mass is 274 g/mol. The third-order valence-electron chi connectivity index (χ3n) is 4.41. The molecule has 1 aromatic carbocycles. The molecule has 1 aliphatic heterocycles. The number of rotatable bonds is 3. The molecule has 2 rings (SSSR count). The molecular formula is C16H23BO3. The smallest absolute Gasteiger partial charge is 0.399 e. The van der Waals surface area contributed by atoms with Crippen LogP contribution in [0.3, 0.4) is 0 Å². The lowest BCUT2D eigenvalue weighted by Crippen LogP contribution is -2.41. The van der Waals surface area contributed by atoms with Gasteiger partial charge in [0.1, 0.15) is 0 Å². The number of aryl methyl sites for hydroxylation is 1. The topological polar surface area (TPSA) is 35.5 Å². The first-order valence-electron chi connectivity index (χ1n) is 7.17. The summed E-state index contributed by atoms with van der Waals surface area (Å²) in [5.74, 6) is 0.0994. The Morgan fingerprint density at radius 1 is 1.15 bits per heavy atom. The van der Waals surface area contributed by atoms with Gasteiger partial charge in [-0.3, -0.25) is 4.79 Å². The van der Waals surface area contributed by atoms with Gasteiger partial charge in [0.25, 0.3) is 0 Å². The van der Waals surface area contributed by atoms with Crippen LogP contribution in [0, 0.1) is 0 Å². The third-order valence-corrected chi connectivity index (χ3v) is 4.41. The molecule has 3 nitrogen and oxygen atoms in total. The van der Waals surface area contributed by atoms with Crippen LogP contribution in [-0.2, 0) is 15.7 Å². The zero-order valence-corrected chi connectivity index (χ0v) is 13.2. The van der Waals surface area contributed by atoms with Crippen molar-refractivity contribution < 1.29 is 14.1 Å². The molecule has 0 amide bonds. The van der Waals surface area contributed by atoms with Gasteiger partial charge in [0, 0.05) is 5.56 Å². The van der Waals surface area contributed by atoms with E-state index in [-0.39, 0.29) is 24.1 Å². The minimum atomic E-state index is -0.369. The summed E-state index contributed by atoms with van der Waals surface area (Å²) in [6.07, 6.45) is 0.822. The van der Waals surface area contributed by atoms with Gasteiger partial charge in [-0.1, -0.05) is 25.1 Å². The zero-order valence-electron chi connectivity index (χ0n) is 13.2. The Balaban J connectivity index is 2.34. The van der Waals surface area contributed by atoms with E-state index < -0.39 is 0 Å². The van der Waals surface area contributed by atoms with Crippen LogP contribution in [0.5, 0.6) is 0 Å². The van der Waals surface area contributed by atoms with Crippen LogP contribution in [0.4, 0.5) is 0 Å². The second-order valence-electron chi connectivity index (χ2n) is 6.41. The van der Waals surface area contributed by atoms with Crippen LogP contribution in [-0.4, -0.2) is 24.1 Å². The highest BCUT2D eigenvalue weighted by Gasteiger charge is 2.51. The molecule has 1 saturated heterocycles. The molecule has 0 radical (unpaired) electrons. The predicted octanol–water partition coefficient (Wildman–Crippen LogP) is 2.75. The number of carbonyl (C=O) groups is 1. The van der Waals surface area contributed by atoms with E-state index in [0.29, 0.717) is 0 Å². The number of ketones is 1. The molecule has 1 fully saturated rings. The van der Waals surface area contributed by atoms with Crippen LogP contribution in [0.2, 0.25) is 0 Å². The lowest BCUT2D eigenvalue weighted by molar-refractivity contribution is 0.00578. The van der Waals surface area contributed by atoms with E-state index in [9.17, 15) is 4.79 Å².